The summed E-state index contributed by atoms with van der Waals surface area (Å²) in [6, 6.07) is 15.5. The number of hydrogen-bond acceptors (Lipinski definition) is 8. The Kier molecular flexibility index (Phi) is 9.07. The molecule has 1 atom stereocenters. The number of furan rings is 1. The molecule has 0 aliphatic carbocycles. The van der Waals surface area contributed by atoms with Crippen molar-refractivity contribution in [1.29, 1.82) is 0 Å². The smallest absolute Gasteiger partial charge is 0.338 e. The van der Waals surface area contributed by atoms with E-state index < -0.39 is 27.9 Å². The average molecular weight is 528 g/mol. The topological polar surface area (TPSA) is 128 Å². The van der Waals surface area contributed by atoms with Crippen LogP contribution in [0.1, 0.15) is 36.9 Å². The summed E-state index contributed by atoms with van der Waals surface area (Å²) in [6.07, 6.45) is 2.34. The van der Waals surface area contributed by atoms with Gasteiger partial charge in [-0.1, -0.05) is 12.1 Å². The van der Waals surface area contributed by atoms with Gasteiger partial charge in [0.2, 0.25) is 10.0 Å². The Hall–Kier alpha value is -4.12. The molecule has 11 heteroatoms. The van der Waals surface area contributed by atoms with E-state index in [4.69, 9.17) is 13.9 Å². The number of benzene rings is 2. The third-order valence-corrected chi connectivity index (χ3v) is 6.41. The Balaban J connectivity index is 1.66. The summed E-state index contributed by atoms with van der Waals surface area (Å²) in [7, 11) is -3.77. The number of hydrazone groups is 1. The van der Waals surface area contributed by atoms with Crippen LogP contribution in [0, 0.1) is 0 Å². The third kappa shape index (κ3) is 7.20. The fraction of sp³-hybridized carbons (Fsp3) is 0.269. The molecule has 0 bridgehead atoms. The maximum absolute atomic E-state index is 12.7. The molecule has 0 saturated heterocycles. The molecule has 0 saturated carbocycles. The summed E-state index contributed by atoms with van der Waals surface area (Å²) in [6.45, 7) is 5.82. The molecule has 196 valence electrons. The van der Waals surface area contributed by atoms with Gasteiger partial charge >= 0.3 is 5.97 Å². The van der Waals surface area contributed by atoms with Gasteiger partial charge in [0, 0.05) is 5.56 Å². The lowest BCUT2D eigenvalue weighted by molar-refractivity contribution is -0.121. The standard InChI is InChI=1S/C26H29N3O7S/c1-5-34-22-13-11-21(12-14-22)29(37(4,32)33)18(3)25(30)28-27-17-23-15-16-24(36-23)19-7-9-20(10-8-19)26(31)35-6-2/h7-18H,5-6H2,1-4H3,(H,28,30)/b27-17-/t18-/m0/s1. The van der Waals surface area contributed by atoms with E-state index in [1.165, 1.54) is 13.1 Å². The van der Waals surface area contributed by atoms with E-state index in [0.29, 0.717) is 41.7 Å². The number of nitrogens with one attached hydrogen (secondary N) is 1. The van der Waals surface area contributed by atoms with E-state index in [0.717, 1.165) is 16.1 Å². The Bertz CT molecular complexity index is 1350. The maximum atomic E-state index is 12.7. The van der Waals surface area contributed by atoms with Crippen LogP contribution in [0.15, 0.2) is 70.2 Å². The number of amides is 1. The number of sulfonamides is 1. The second-order valence-corrected chi connectivity index (χ2v) is 9.76. The number of ether oxygens (including phenoxy) is 2. The second kappa shape index (κ2) is 12.2. The highest BCUT2D eigenvalue weighted by Gasteiger charge is 2.29. The van der Waals surface area contributed by atoms with E-state index >= 15 is 0 Å². The summed E-state index contributed by atoms with van der Waals surface area (Å²) >= 11 is 0. The highest BCUT2D eigenvalue weighted by Crippen LogP contribution is 2.24. The average Bonchev–Trinajstić information content (AvgIpc) is 3.33. The first-order valence-corrected chi connectivity index (χ1v) is 13.4. The van der Waals surface area contributed by atoms with Gasteiger partial charge in [0.1, 0.15) is 23.3 Å². The molecule has 1 N–H and O–H groups in total. The van der Waals surface area contributed by atoms with E-state index in [9.17, 15) is 18.0 Å². The first kappa shape index (κ1) is 27.5. The predicted octanol–water partition coefficient (Wildman–Crippen LogP) is 3.83. The molecular formula is C26H29N3O7S. The van der Waals surface area contributed by atoms with Crippen LogP contribution in [0.25, 0.3) is 11.3 Å². The summed E-state index contributed by atoms with van der Waals surface area (Å²) in [5.41, 5.74) is 3.85. The Morgan fingerprint density at radius 3 is 2.30 bits per heavy atom. The number of anilines is 1. The minimum atomic E-state index is -3.77. The van der Waals surface area contributed by atoms with Crippen molar-refractivity contribution in [3.05, 3.63) is 72.0 Å². The predicted molar refractivity (Wildman–Crippen MR) is 140 cm³/mol. The van der Waals surface area contributed by atoms with E-state index in [1.807, 2.05) is 6.92 Å². The van der Waals surface area contributed by atoms with E-state index in [1.54, 1.807) is 67.6 Å². The number of carbonyl (C=O) groups is 2. The molecule has 1 aromatic heterocycles. The van der Waals surface area contributed by atoms with Gasteiger partial charge in [-0.05, 0) is 69.3 Å². The van der Waals surface area contributed by atoms with Crippen LogP contribution in [0.3, 0.4) is 0 Å². The summed E-state index contributed by atoms with van der Waals surface area (Å²) in [5, 5.41) is 3.90. The van der Waals surface area contributed by atoms with Crippen molar-refractivity contribution in [3.8, 4) is 17.1 Å². The summed E-state index contributed by atoms with van der Waals surface area (Å²) < 4.78 is 42.0. The quantitative estimate of drug-likeness (QED) is 0.228. The number of carbonyl (C=O) groups excluding carboxylic acids is 2. The molecule has 0 spiro atoms. The van der Waals surface area contributed by atoms with Crippen molar-refractivity contribution in [3.63, 3.8) is 0 Å². The minimum absolute atomic E-state index is 0.296. The van der Waals surface area contributed by atoms with Crippen molar-refractivity contribution >= 4 is 33.8 Å². The van der Waals surface area contributed by atoms with Gasteiger partial charge in [0.15, 0.2) is 0 Å². The zero-order chi connectivity index (χ0) is 27.0. The van der Waals surface area contributed by atoms with Gasteiger partial charge in [-0.25, -0.2) is 18.6 Å². The van der Waals surface area contributed by atoms with Crippen molar-refractivity contribution in [2.45, 2.75) is 26.8 Å². The molecule has 2 aromatic carbocycles. The lowest BCUT2D eigenvalue weighted by atomic mass is 10.1. The largest absolute Gasteiger partial charge is 0.494 e. The summed E-state index contributed by atoms with van der Waals surface area (Å²) in [5.74, 6) is 0.466. The molecule has 3 aromatic rings. The van der Waals surface area contributed by atoms with Crippen LogP contribution in [0.2, 0.25) is 0 Å². The van der Waals surface area contributed by atoms with Gasteiger partial charge in [0.05, 0.1) is 36.9 Å². The van der Waals surface area contributed by atoms with Crippen LogP contribution in [0.4, 0.5) is 5.69 Å². The zero-order valence-electron chi connectivity index (χ0n) is 21.0. The van der Waals surface area contributed by atoms with Crippen molar-refractivity contribution in [2.75, 3.05) is 23.8 Å². The minimum Gasteiger partial charge on any atom is -0.494 e. The molecule has 0 fully saturated rings. The molecule has 3 rings (SSSR count). The Labute approximate surface area is 215 Å². The fourth-order valence-electron chi connectivity index (χ4n) is 3.48. The molecule has 10 nitrogen and oxygen atoms in total. The van der Waals surface area contributed by atoms with Crippen LogP contribution < -0.4 is 14.5 Å². The third-order valence-electron chi connectivity index (χ3n) is 5.16. The number of hydrogen-bond donors (Lipinski definition) is 1. The Morgan fingerprint density at radius 1 is 1.03 bits per heavy atom. The molecular weight excluding hydrogens is 498 g/mol. The highest BCUT2D eigenvalue weighted by atomic mass is 32.2. The monoisotopic (exact) mass is 527 g/mol. The number of nitrogens with zero attached hydrogens (tertiary/aromatic N) is 2. The molecule has 0 aliphatic heterocycles. The van der Waals surface area contributed by atoms with Crippen molar-refractivity contribution in [1.82, 2.24) is 5.43 Å². The van der Waals surface area contributed by atoms with Crippen molar-refractivity contribution in [2.24, 2.45) is 5.10 Å². The van der Waals surface area contributed by atoms with Gasteiger partial charge in [-0.15, -0.1) is 0 Å². The molecule has 0 radical (unpaired) electrons. The molecule has 1 heterocycles. The van der Waals surface area contributed by atoms with Gasteiger partial charge < -0.3 is 13.9 Å². The second-order valence-electron chi connectivity index (χ2n) is 7.90. The van der Waals surface area contributed by atoms with Crippen LogP contribution in [0.5, 0.6) is 5.75 Å². The molecule has 0 unspecified atom stereocenters. The SMILES string of the molecule is CCOC(=O)c1ccc(-c2ccc(/C=N\NC(=O)[C@H](C)N(c3ccc(OCC)cc3)S(C)(=O)=O)o2)cc1. The Morgan fingerprint density at radius 2 is 1.70 bits per heavy atom. The number of esters is 1. The van der Waals surface area contributed by atoms with Crippen LogP contribution in [-0.4, -0.2) is 52.0 Å². The molecule has 0 aliphatic rings. The summed E-state index contributed by atoms with van der Waals surface area (Å²) in [4.78, 5) is 24.5. The number of rotatable bonds is 11. The lowest BCUT2D eigenvalue weighted by Crippen LogP contribution is -2.46. The fourth-order valence-corrected chi connectivity index (χ4v) is 4.65. The van der Waals surface area contributed by atoms with Crippen molar-refractivity contribution < 1.29 is 31.9 Å². The van der Waals surface area contributed by atoms with E-state index in [2.05, 4.69) is 10.5 Å². The van der Waals surface area contributed by atoms with E-state index in [-0.39, 0.29) is 0 Å². The maximum Gasteiger partial charge on any atom is 0.338 e. The molecule has 37 heavy (non-hydrogen) atoms. The van der Waals surface area contributed by atoms with Gasteiger partial charge in [0.25, 0.3) is 5.91 Å². The van der Waals surface area contributed by atoms with Gasteiger partial charge in [-0.3, -0.25) is 9.10 Å². The molecule has 1 amide bonds. The zero-order valence-corrected chi connectivity index (χ0v) is 21.8. The van der Waals surface area contributed by atoms with Gasteiger partial charge in [-0.2, -0.15) is 5.10 Å². The van der Waals surface area contributed by atoms with Crippen LogP contribution >= 0.6 is 0 Å². The van der Waals surface area contributed by atoms with Crippen LogP contribution in [-0.2, 0) is 19.6 Å². The normalized spacial score (nSPS) is 12.2. The first-order valence-electron chi connectivity index (χ1n) is 11.6. The highest BCUT2D eigenvalue weighted by molar-refractivity contribution is 7.92. The first-order chi connectivity index (χ1) is 17.6. The lowest BCUT2D eigenvalue weighted by Gasteiger charge is -2.27.